The molecule has 0 saturated carbocycles. The highest BCUT2D eigenvalue weighted by molar-refractivity contribution is 6.23. The highest BCUT2D eigenvalue weighted by atomic mass is 16.5. The molecule has 1 unspecified atom stereocenters. The zero-order valence-electron chi connectivity index (χ0n) is 14.4. The molecular weight excluding hydrogens is 280 g/mol. The number of ether oxygens (including phenoxy) is 2. The summed E-state index contributed by atoms with van der Waals surface area (Å²) in [4.78, 5) is 24.9. The van der Waals surface area contributed by atoms with Crippen molar-refractivity contribution in [2.45, 2.75) is 47.0 Å². The van der Waals surface area contributed by atoms with Crippen LogP contribution in [-0.2, 0) is 19.1 Å². The van der Waals surface area contributed by atoms with Gasteiger partial charge in [0.15, 0.2) is 0 Å². The number of rotatable bonds is 7. The molecule has 0 aromatic rings. The second-order valence-corrected chi connectivity index (χ2v) is 5.70. The molecule has 0 aromatic carbocycles. The molecule has 0 N–H and O–H groups in total. The number of hydrogen-bond donors (Lipinski definition) is 0. The van der Waals surface area contributed by atoms with Crippen LogP contribution in [0.5, 0.6) is 0 Å². The molecule has 0 fully saturated rings. The van der Waals surface area contributed by atoms with E-state index in [9.17, 15) is 9.59 Å². The topological polar surface area (TPSA) is 52.6 Å². The van der Waals surface area contributed by atoms with Gasteiger partial charge in [-0.3, -0.25) is 9.59 Å². The SMILES string of the molecule is CCC/C(C)=C/CC(C)C1=C(C)C(=O)C(OC)=C(OC)C1=O. The van der Waals surface area contributed by atoms with E-state index >= 15 is 0 Å². The monoisotopic (exact) mass is 306 g/mol. The molecule has 1 aliphatic rings. The molecule has 0 aliphatic heterocycles. The van der Waals surface area contributed by atoms with Gasteiger partial charge in [-0.1, -0.05) is 31.9 Å². The Morgan fingerprint density at radius 1 is 1.14 bits per heavy atom. The van der Waals surface area contributed by atoms with E-state index in [4.69, 9.17) is 9.47 Å². The lowest BCUT2D eigenvalue weighted by Gasteiger charge is -2.23. The predicted molar refractivity (Wildman–Crippen MR) is 86.2 cm³/mol. The number of ketones is 2. The predicted octanol–water partition coefficient (Wildman–Crippen LogP) is 3.73. The average Bonchev–Trinajstić information content (AvgIpc) is 2.49. The number of hydrogen-bond acceptors (Lipinski definition) is 4. The van der Waals surface area contributed by atoms with Gasteiger partial charge in [-0.2, -0.15) is 0 Å². The van der Waals surface area contributed by atoms with E-state index in [0.29, 0.717) is 11.1 Å². The van der Waals surface area contributed by atoms with E-state index in [2.05, 4.69) is 19.9 Å². The minimum absolute atomic E-state index is 0.00124. The number of carbonyl (C=O) groups is 2. The maximum Gasteiger partial charge on any atom is 0.228 e. The molecule has 4 heteroatoms. The van der Waals surface area contributed by atoms with E-state index in [1.54, 1.807) is 6.92 Å². The summed E-state index contributed by atoms with van der Waals surface area (Å²) in [6, 6.07) is 0. The molecule has 0 saturated heterocycles. The van der Waals surface area contributed by atoms with Crippen molar-refractivity contribution in [2.75, 3.05) is 14.2 Å². The summed E-state index contributed by atoms with van der Waals surface area (Å²) in [5, 5.41) is 0. The Labute approximate surface area is 132 Å². The van der Waals surface area contributed by atoms with Crippen LogP contribution in [0.4, 0.5) is 0 Å². The normalized spacial score (nSPS) is 18.0. The number of Topliss-reactive ketones (excluding diaryl/α,β-unsaturated/α-hetero) is 2. The van der Waals surface area contributed by atoms with Gasteiger partial charge in [0.1, 0.15) is 0 Å². The van der Waals surface area contributed by atoms with Crippen LogP contribution in [0.2, 0.25) is 0 Å². The molecule has 22 heavy (non-hydrogen) atoms. The molecule has 0 heterocycles. The number of methoxy groups -OCH3 is 2. The molecule has 0 aromatic heterocycles. The van der Waals surface area contributed by atoms with Crippen LogP contribution in [0.15, 0.2) is 34.3 Å². The standard InChI is InChI=1S/C18H26O4/c1-7-8-11(2)9-10-12(3)14-13(4)15(19)17(21-5)18(22-6)16(14)20/h9,12H,7-8,10H2,1-6H3/b11-9+. The van der Waals surface area contributed by atoms with Gasteiger partial charge in [-0.25, -0.2) is 0 Å². The van der Waals surface area contributed by atoms with Crippen molar-refractivity contribution in [2.24, 2.45) is 5.92 Å². The maximum atomic E-state index is 12.6. The summed E-state index contributed by atoms with van der Waals surface area (Å²) < 4.78 is 10.1. The van der Waals surface area contributed by atoms with Crippen molar-refractivity contribution in [3.05, 3.63) is 34.3 Å². The summed E-state index contributed by atoms with van der Waals surface area (Å²) in [6.45, 7) is 7.87. The summed E-state index contributed by atoms with van der Waals surface area (Å²) in [5.41, 5.74) is 2.29. The fourth-order valence-corrected chi connectivity index (χ4v) is 2.75. The lowest BCUT2D eigenvalue weighted by molar-refractivity contribution is -0.121. The Kier molecular flexibility index (Phi) is 6.60. The molecule has 0 radical (unpaired) electrons. The first-order valence-corrected chi connectivity index (χ1v) is 7.66. The second-order valence-electron chi connectivity index (χ2n) is 5.70. The van der Waals surface area contributed by atoms with Gasteiger partial charge in [0, 0.05) is 11.1 Å². The largest absolute Gasteiger partial charge is 0.489 e. The van der Waals surface area contributed by atoms with E-state index in [0.717, 1.165) is 19.3 Å². The Hall–Kier alpha value is -1.84. The van der Waals surface area contributed by atoms with Gasteiger partial charge in [-0.15, -0.1) is 0 Å². The van der Waals surface area contributed by atoms with Crippen molar-refractivity contribution in [3.8, 4) is 0 Å². The van der Waals surface area contributed by atoms with Crippen LogP contribution in [0.1, 0.15) is 47.0 Å². The Morgan fingerprint density at radius 3 is 2.18 bits per heavy atom. The third-order valence-electron chi connectivity index (χ3n) is 3.97. The third-order valence-corrected chi connectivity index (χ3v) is 3.97. The molecule has 1 aliphatic carbocycles. The fraction of sp³-hybridized carbons (Fsp3) is 0.556. The van der Waals surface area contributed by atoms with Gasteiger partial charge >= 0.3 is 0 Å². The van der Waals surface area contributed by atoms with Crippen LogP contribution in [0.25, 0.3) is 0 Å². The quantitative estimate of drug-likeness (QED) is 0.531. The van der Waals surface area contributed by atoms with Crippen LogP contribution in [0, 0.1) is 5.92 Å². The molecule has 0 amide bonds. The van der Waals surface area contributed by atoms with Crippen molar-refractivity contribution >= 4 is 11.6 Å². The van der Waals surface area contributed by atoms with Crippen LogP contribution in [0.3, 0.4) is 0 Å². The van der Waals surface area contributed by atoms with Crippen LogP contribution in [-0.4, -0.2) is 25.8 Å². The number of carbonyl (C=O) groups excluding carboxylic acids is 2. The Bertz CT molecular complexity index is 549. The van der Waals surface area contributed by atoms with Crippen LogP contribution >= 0.6 is 0 Å². The maximum absolute atomic E-state index is 12.6. The van der Waals surface area contributed by atoms with Gasteiger partial charge in [-0.05, 0) is 32.6 Å². The highest BCUT2D eigenvalue weighted by Gasteiger charge is 2.36. The minimum atomic E-state index is -0.268. The summed E-state index contributed by atoms with van der Waals surface area (Å²) in [5.74, 6) is -0.541. The van der Waals surface area contributed by atoms with E-state index < -0.39 is 0 Å². The van der Waals surface area contributed by atoms with Gasteiger partial charge in [0.2, 0.25) is 23.1 Å². The zero-order chi connectivity index (χ0) is 16.9. The first-order valence-electron chi connectivity index (χ1n) is 7.66. The zero-order valence-corrected chi connectivity index (χ0v) is 14.4. The van der Waals surface area contributed by atoms with Crippen LogP contribution < -0.4 is 0 Å². The lowest BCUT2D eigenvalue weighted by atomic mass is 9.83. The fourth-order valence-electron chi connectivity index (χ4n) is 2.75. The van der Waals surface area contributed by atoms with Crippen molar-refractivity contribution in [1.82, 2.24) is 0 Å². The van der Waals surface area contributed by atoms with Crippen molar-refractivity contribution < 1.29 is 19.1 Å². The average molecular weight is 306 g/mol. The highest BCUT2D eigenvalue weighted by Crippen LogP contribution is 2.31. The molecule has 4 nitrogen and oxygen atoms in total. The Balaban J connectivity index is 3.08. The van der Waals surface area contributed by atoms with E-state index in [1.165, 1.54) is 19.8 Å². The molecule has 0 spiro atoms. The first kappa shape index (κ1) is 18.2. The lowest BCUT2D eigenvalue weighted by Crippen LogP contribution is -2.27. The smallest absolute Gasteiger partial charge is 0.228 e. The molecule has 1 rings (SSSR count). The second kappa shape index (κ2) is 7.97. The summed E-state index contributed by atoms with van der Waals surface area (Å²) >= 11 is 0. The molecule has 1 atom stereocenters. The Morgan fingerprint density at radius 2 is 1.68 bits per heavy atom. The van der Waals surface area contributed by atoms with E-state index in [-0.39, 0.29) is 29.0 Å². The van der Waals surface area contributed by atoms with Crippen molar-refractivity contribution in [1.29, 1.82) is 0 Å². The molecule has 122 valence electrons. The van der Waals surface area contributed by atoms with Gasteiger partial charge in [0.05, 0.1) is 14.2 Å². The van der Waals surface area contributed by atoms with Crippen molar-refractivity contribution in [3.63, 3.8) is 0 Å². The third kappa shape index (κ3) is 3.67. The summed E-state index contributed by atoms with van der Waals surface area (Å²) in [6.07, 6.45) is 5.03. The first-order chi connectivity index (χ1) is 10.4. The molecular formula is C18H26O4. The molecule has 0 bridgehead atoms. The van der Waals surface area contributed by atoms with Gasteiger partial charge in [0.25, 0.3) is 0 Å². The minimum Gasteiger partial charge on any atom is -0.489 e. The number of allylic oxidation sites excluding steroid dienone is 4. The van der Waals surface area contributed by atoms with E-state index in [1.807, 2.05) is 6.92 Å². The van der Waals surface area contributed by atoms with Gasteiger partial charge < -0.3 is 9.47 Å². The summed E-state index contributed by atoms with van der Waals surface area (Å²) in [7, 11) is 2.76.